The van der Waals surface area contributed by atoms with Crippen LogP contribution in [0.3, 0.4) is 0 Å². The van der Waals surface area contributed by atoms with Crippen LogP contribution in [0.2, 0.25) is 0 Å². The Kier molecular flexibility index (Phi) is 9.83. The van der Waals surface area contributed by atoms with Crippen LogP contribution >= 0.6 is 0 Å². The third-order valence-corrected chi connectivity index (χ3v) is 12.4. The van der Waals surface area contributed by atoms with Crippen LogP contribution in [0, 0.1) is 5.92 Å². The molecule has 4 heterocycles. The SMILES string of the molecule is COc1ccc(-c2cccc(C(=O)N(C)C[C@@H]3C[C@H]4C(=O)N[C@@]5(C)C(=O)N(S(=O)(=O)C6CC6)[C@H]5/C=C\CCCCCCC(=O)N4C3)n2)cc1. The molecular formula is C36H45N5O7S. The molecule has 1 aromatic heterocycles. The van der Waals surface area contributed by atoms with Crippen molar-refractivity contribution in [2.45, 2.75) is 87.6 Å². The van der Waals surface area contributed by atoms with Gasteiger partial charge in [-0.2, -0.15) is 0 Å². The molecule has 1 aliphatic carbocycles. The molecule has 1 aromatic carbocycles. The first kappa shape index (κ1) is 34.6. The summed E-state index contributed by atoms with van der Waals surface area (Å²) in [7, 11) is -0.542. The zero-order valence-corrected chi connectivity index (χ0v) is 29.2. The maximum atomic E-state index is 14.0. The fourth-order valence-corrected chi connectivity index (χ4v) is 9.24. The number of hydrogen-bond donors (Lipinski definition) is 1. The zero-order chi connectivity index (χ0) is 34.9. The Balaban J connectivity index is 1.18. The van der Waals surface area contributed by atoms with Gasteiger partial charge in [-0.05, 0) is 87.8 Å². The Hall–Kier alpha value is -4.26. The van der Waals surface area contributed by atoms with Gasteiger partial charge in [-0.25, -0.2) is 17.7 Å². The number of β-lactam (4-membered cyclic amide) rings is 1. The van der Waals surface area contributed by atoms with Gasteiger partial charge in [0.2, 0.25) is 21.8 Å². The lowest BCUT2D eigenvalue weighted by Gasteiger charge is -2.52. The minimum atomic E-state index is -3.82. The van der Waals surface area contributed by atoms with Crippen molar-refractivity contribution in [3.05, 3.63) is 60.3 Å². The summed E-state index contributed by atoms with van der Waals surface area (Å²) in [6.07, 6.45) is 9.31. The Morgan fingerprint density at radius 2 is 1.80 bits per heavy atom. The minimum Gasteiger partial charge on any atom is -0.497 e. The van der Waals surface area contributed by atoms with E-state index in [2.05, 4.69) is 10.3 Å². The van der Waals surface area contributed by atoms with E-state index in [1.165, 1.54) is 0 Å². The number of nitrogens with zero attached hydrogens (tertiary/aromatic N) is 4. The first-order chi connectivity index (χ1) is 23.4. The first-order valence-corrected chi connectivity index (χ1v) is 18.7. The molecule has 13 heteroatoms. The number of pyridine rings is 1. The lowest BCUT2D eigenvalue weighted by Crippen LogP contribution is -2.80. The van der Waals surface area contributed by atoms with Gasteiger partial charge >= 0.3 is 0 Å². The highest BCUT2D eigenvalue weighted by Gasteiger charge is 2.64. The van der Waals surface area contributed by atoms with Crippen LogP contribution in [0.5, 0.6) is 5.75 Å². The third kappa shape index (κ3) is 6.95. The molecule has 12 nitrogen and oxygen atoms in total. The zero-order valence-electron chi connectivity index (χ0n) is 28.3. The second-order valence-electron chi connectivity index (χ2n) is 13.8. The van der Waals surface area contributed by atoms with E-state index in [1.54, 1.807) is 49.1 Å². The lowest BCUT2D eigenvalue weighted by molar-refractivity contribution is -0.153. The maximum Gasteiger partial charge on any atom is 0.272 e. The van der Waals surface area contributed by atoms with E-state index in [1.807, 2.05) is 36.4 Å². The molecule has 1 saturated carbocycles. The summed E-state index contributed by atoms with van der Waals surface area (Å²) in [5, 5.41) is 2.31. The molecule has 0 spiro atoms. The fourth-order valence-electron chi connectivity index (χ4n) is 7.17. The number of hydrogen-bond acceptors (Lipinski definition) is 8. The molecule has 2 aromatic rings. The van der Waals surface area contributed by atoms with Gasteiger partial charge in [0.1, 0.15) is 23.0 Å². The van der Waals surface area contributed by atoms with E-state index >= 15 is 0 Å². The summed E-state index contributed by atoms with van der Waals surface area (Å²) in [5.41, 5.74) is 0.299. The summed E-state index contributed by atoms with van der Waals surface area (Å²) >= 11 is 0. The van der Waals surface area contributed by atoms with Crippen LogP contribution in [0.15, 0.2) is 54.6 Å². The van der Waals surface area contributed by atoms with Crippen LogP contribution < -0.4 is 10.1 Å². The molecule has 0 bridgehead atoms. The van der Waals surface area contributed by atoms with Gasteiger partial charge in [-0.15, -0.1) is 0 Å². The summed E-state index contributed by atoms with van der Waals surface area (Å²) in [5.74, 6) is -1.06. The number of benzene rings is 1. The van der Waals surface area contributed by atoms with Crippen molar-refractivity contribution in [3.63, 3.8) is 0 Å². The number of sulfonamides is 1. The van der Waals surface area contributed by atoms with E-state index in [9.17, 15) is 27.6 Å². The number of methoxy groups -OCH3 is 1. The smallest absolute Gasteiger partial charge is 0.272 e. The number of ether oxygens (including phenoxy) is 1. The van der Waals surface area contributed by atoms with E-state index in [-0.39, 0.29) is 36.5 Å². The van der Waals surface area contributed by atoms with Gasteiger partial charge in [0, 0.05) is 32.1 Å². The third-order valence-electron chi connectivity index (χ3n) is 10.2. The van der Waals surface area contributed by atoms with Gasteiger partial charge < -0.3 is 19.9 Å². The van der Waals surface area contributed by atoms with Crippen molar-refractivity contribution in [3.8, 4) is 17.0 Å². The van der Waals surface area contributed by atoms with Crippen LogP contribution in [0.25, 0.3) is 11.3 Å². The lowest BCUT2D eigenvalue weighted by atomic mass is 9.82. The Labute approximate surface area is 287 Å². The van der Waals surface area contributed by atoms with E-state index in [0.717, 1.165) is 34.9 Å². The molecule has 262 valence electrons. The molecular weight excluding hydrogens is 646 g/mol. The molecule has 0 unspecified atom stereocenters. The van der Waals surface area contributed by atoms with Crippen LogP contribution in [0.1, 0.15) is 75.2 Å². The normalized spacial score (nSPS) is 27.2. The van der Waals surface area contributed by atoms with E-state index < -0.39 is 44.7 Å². The van der Waals surface area contributed by atoms with Crippen LogP contribution in [-0.4, -0.2) is 101 Å². The second kappa shape index (κ2) is 13.9. The molecule has 6 rings (SSSR count). The van der Waals surface area contributed by atoms with Gasteiger partial charge in [0.15, 0.2) is 0 Å². The standard InChI is InChI=1S/C36H45N5O7S/c1-36-31(41(35(36)45)49(46,47)27-19-20-27)13-8-6-4-5-7-9-14-32(42)40-23-24(21-30(40)33(43)38-36)22-39(2)34(44)29-12-10-11-28(37-29)25-15-17-26(48-3)18-16-25/h8,10-13,15-18,24,27,30-31H,4-7,9,14,19-23H2,1-3H3,(H,38,43)/b13-8-/t24-,30-,31-,36+/m0/s1. The number of nitrogens with one attached hydrogen (secondary N) is 1. The van der Waals surface area contributed by atoms with Crippen LogP contribution in [-0.2, 0) is 24.4 Å². The summed E-state index contributed by atoms with van der Waals surface area (Å²) in [6.45, 7) is 2.14. The van der Waals surface area contributed by atoms with Crippen molar-refractivity contribution < 1.29 is 32.3 Å². The Morgan fingerprint density at radius 1 is 1.06 bits per heavy atom. The highest BCUT2D eigenvalue weighted by molar-refractivity contribution is 7.90. The summed E-state index contributed by atoms with van der Waals surface area (Å²) in [4.78, 5) is 62.3. The molecule has 0 radical (unpaired) electrons. The molecule has 3 fully saturated rings. The quantitative estimate of drug-likeness (QED) is 0.343. The first-order valence-electron chi connectivity index (χ1n) is 17.2. The van der Waals surface area contributed by atoms with Gasteiger partial charge in [-0.3, -0.25) is 19.2 Å². The van der Waals surface area contributed by atoms with Crippen molar-refractivity contribution >= 4 is 33.7 Å². The maximum absolute atomic E-state index is 14.0. The largest absolute Gasteiger partial charge is 0.497 e. The van der Waals surface area contributed by atoms with Crippen LogP contribution in [0.4, 0.5) is 0 Å². The topological polar surface area (TPSA) is 146 Å². The molecule has 2 saturated heterocycles. The number of amides is 4. The van der Waals surface area contributed by atoms with Gasteiger partial charge in [-0.1, -0.05) is 31.1 Å². The summed E-state index contributed by atoms with van der Waals surface area (Å²) < 4.78 is 32.6. The number of carbonyl (C=O) groups is 4. The van der Waals surface area contributed by atoms with Gasteiger partial charge in [0.25, 0.3) is 11.8 Å². The average Bonchev–Trinajstić information content (AvgIpc) is 3.88. The van der Waals surface area contributed by atoms with E-state index in [4.69, 9.17) is 4.74 Å². The van der Waals surface area contributed by atoms with Crippen molar-refractivity contribution in [2.24, 2.45) is 5.92 Å². The second-order valence-corrected chi connectivity index (χ2v) is 15.9. The number of allylic oxidation sites excluding steroid dienone is 1. The Morgan fingerprint density at radius 3 is 2.51 bits per heavy atom. The number of carbonyl (C=O) groups excluding carboxylic acids is 4. The minimum absolute atomic E-state index is 0.141. The predicted molar refractivity (Wildman–Crippen MR) is 183 cm³/mol. The predicted octanol–water partition coefficient (Wildman–Crippen LogP) is 3.53. The molecule has 4 aliphatic rings. The molecule has 4 amide bonds. The number of aromatic nitrogens is 1. The molecule has 1 N–H and O–H groups in total. The molecule has 3 aliphatic heterocycles. The fraction of sp³-hybridized carbons (Fsp3) is 0.528. The number of fused-ring (bicyclic) bond motifs is 2. The van der Waals surface area contributed by atoms with Crippen molar-refractivity contribution in [2.75, 3.05) is 27.2 Å². The Bertz CT molecular complexity index is 1740. The average molecular weight is 692 g/mol. The molecule has 4 atom stereocenters. The van der Waals surface area contributed by atoms with Gasteiger partial charge in [0.05, 0.1) is 24.1 Å². The molecule has 49 heavy (non-hydrogen) atoms. The number of rotatable bonds is 7. The van der Waals surface area contributed by atoms with Crippen molar-refractivity contribution in [1.29, 1.82) is 0 Å². The van der Waals surface area contributed by atoms with Crippen molar-refractivity contribution in [1.82, 2.24) is 24.4 Å². The monoisotopic (exact) mass is 691 g/mol. The highest BCUT2D eigenvalue weighted by atomic mass is 32.2. The summed E-state index contributed by atoms with van der Waals surface area (Å²) in [6, 6.07) is 11.0. The van der Waals surface area contributed by atoms with E-state index in [0.29, 0.717) is 44.2 Å². The highest BCUT2D eigenvalue weighted by Crippen LogP contribution is 2.42.